The fourth-order valence-corrected chi connectivity index (χ4v) is 5.14. The lowest BCUT2D eigenvalue weighted by atomic mass is 9.75. The zero-order chi connectivity index (χ0) is 12.2. The fraction of sp³-hybridized carbons (Fsp3) is 1.00. The molecule has 104 valence electrons. The molecule has 0 bridgehead atoms. The molecular formula is C18H32. The van der Waals surface area contributed by atoms with Crippen LogP contribution in [0, 0.1) is 23.7 Å². The van der Waals surface area contributed by atoms with Gasteiger partial charge in [-0.2, -0.15) is 0 Å². The van der Waals surface area contributed by atoms with Gasteiger partial charge in [0.25, 0.3) is 0 Å². The summed E-state index contributed by atoms with van der Waals surface area (Å²) in [4.78, 5) is 0. The highest BCUT2D eigenvalue weighted by Crippen LogP contribution is 2.41. The molecule has 0 aliphatic heterocycles. The van der Waals surface area contributed by atoms with Crippen molar-refractivity contribution in [2.45, 2.75) is 89.9 Å². The Morgan fingerprint density at radius 3 is 1.00 bits per heavy atom. The third-order valence-corrected chi connectivity index (χ3v) is 6.25. The molecule has 0 unspecified atom stereocenters. The van der Waals surface area contributed by atoms with Crippen molar-refractivity contribution in [3.63, 3.8) is 0 Å². The molecular weight excluding hydrogens is 216 g/mol. The molecule has 18 heavy (non-hydrogen) atoms. The molecule has 3 fully saturated rings. The van der Waals surface area contributed by atoms with Crippen molar-refractivity contribution in [3.05, 3.63) is 0 Å². The summed E-state index contributed by atoms with van der Waals surface area (Å²) in [5.41, 5.74) is 0. The summed E-state index contributed by atoms with van der Waals surface area (Å²) >= 11 is 0. The van der Waals surface area contributed by atoms with Gasteiger partial charge < -0.3 is 0 Å². The van der Waals surface area contributed by atoms with Gasteiger partial charge in [-0.3, -0.25) is 0 Å². The van der Waals surface area contributed by atoms with Crippen molar-refractivity contribution >= 4 is 0 Å². The molecule has 0 aromatic heterocycles. The van der Waals surface area contributed by atoms with E-state index in [1.165, 1.54) is 25.7 Å². The van der Waals surface area contributed by atoms with Crippen LogP contribution in [0.1, 0.15) is 89.9 Å². The highest BCUT2D eigenvalue weighted by molar-refractivity contribution is 4.79. The number of hydrogen-bond acceptors (Lipinski definition) is 0. The van der Waals surface area contributed by atoms with E-state index in [0.717, 1.165) is 23.7 Å². The van der Waals surface area contributed by atoms with Gasteiger partial charge in [0.15, 0.2) is 0 Å². The van der Waals surface area contributed by atoms with Crippen LogP contribution >= 0.6 is 0 Å². The van der Waals surface area contributed by atoms with Crippen LogP contribution < -0.4 is 0 Å². The van der Waals surface area contributed by atoms with Gasteiger partial charge in [0.05, 0.1) is 0 Å². The van der Waals surface area contributed by atoms with Crippen LogP contribution in [-0.4, -0.2) is 0 Å². The Morgan fingerprint density at radius 2 is 0.667 bits per heavy atom. The first-order chi connectivity index (χ1) is 8.90. The predicted octanol–water partition coefficient (Wildman–Crippen LogP) is 5.95. The Bertz CT molecular complexity index is 198. The fourth-order valence-electron chi connectivity index (χ4n) is 5.14. The minimum atomic E-state index is 1.12. The third kappa shape index (κ3) is 3.52. The van der Waals surface area contributed by atoms with Crippen LogP contribution in [-0.2, 0) is 0 Å². The molecule has 0 saturated heterocycles. The Balaban J connectivity index is 1.35. The smallest absolute Gasteiger partial charge is 0.0411 e. The third-order valence-electron chi connectivity index (χ3n) is 6.25. The van der Waals surface area contributed by atoms with Gasteiger partial charge in [0.2, 0.25) is 0 Å². The van der Waals surface area contributed by atoms with E-state index in [2.05, 4.69) is 0 Å². The van der Waals surface area contributed by atoms with Crippen LogP contribution in [0.2, 0.25) is 0 Å². The predicted molar refractivity (Wildman–Crippen MR) is 78.6 cm³/mol. The largest absolute Gasteiger partial charge is 0.0530 e. The molecule has 3 rings (SSSR count). The SMILES string of the molecule is C1CCC(CC2CCC(CC3CCCC3)CC2)C1. The first-order valence-corrected chi connectivity index (χ1v) is 8.90. The van der Waals surface area contributed by atoms with E-state index in [9.17, 15) is 0 Å². The van der Waals surface area contributed by atoms with E-state index in [0.29, 0.717) is 0 Å². The van der Waals surface area contributed by atoms with E-state index >= 15 is 0 Å². The van der Waals surface area contributed by atoms with Crippen molar-refractivity contribution in [2.24, 2.45) is 23.7 Å². The van der Waals surface area contributed by atoms with Crippen molar-refractivity contribution in [2.75, 3.05) is 0 Å². The molecule has 3 aliphatic carbocycles. The van der Waals surface area contributed by atoms with Crippen molar-refractivity contribution in [1.82, 2.24) is 0 Å². The summed E-state index contributed by atoms with van der Waals surface area (Å²) < 4.78 is 0. The number of hydrogen-bond donors (Lipinski definition) is 0. The molecule has 3 saturated carbocycles. The lowest BCUT2D eigenvalue weighted by molar-refractivity contribution is 0.210. The highest BCUT2D eigenvalue weighted by Gasteiger charge is 2.27. The van der Waals surface area contributed by atoms with Crippen LogP contribution in [0.3, 0.4) is 0 Å². The summed E-state index contributed by atoms with van der Waals surface area (Å²) in [5, 5.41) is 0. The van der Waals surface area contributed by atoms with Crippen molar-refractivity contribution in [3.8, 4) is 0 Å². The second kappa shape index (κ2) is 6.44. The standard InChI is InChI=1S/C18H32/c1-2-6-15(5-1)13-17-9-11-18(12-10-17)14-16-7-3-4-8-16/h15-18H,1-14H2. The zero-order valence-electron chi connectivity index (χ0n) is 12.2. The van der Waals surface area contributed by atoms with E-state index in [1.54, 1.807) is 64.2 Å². The van der Waals surface area contributed by atoms with Gasteiger partial charge in [-0.15, -0.1) is 0 Å². The maximum Gasteiger partial charge on any atom is -0.0411 e. The van der Waals surface area contributed by atoms with E-state index in [-0.39, 0.29) is 0 Å². The van der Waals surface area contributed by atoms with Gasteiger partial charge in [-0.25, -0.2) is 0 Å². The average molecular weight is 248 g/mol. The van der Waals surface area contributed by atoms with Crippen LogP contribution in [0.15, 0.2) is 0 Å². The van der Waals surface area contributed by atoms with Crippen LogP contribution in [0.5, 0.6) is 0 Å². The molecule has 0 radical (unpaired) electrons. The maximum absolute atomic E-state index is 1.59. The van der Waals surface area contributed by atoms with Gasteiger partial charge >= 0.3 is 0 Å². The van der Waals surface area contributed by atoms with Gasteiger partial charge in [-0.1, -0.05) is 77.0 Å². The molecule has 0 atom stereocenters. The molecule has 3 aliphatic rings. The van der Waals surface area contributed by atoms with E-state index in [1.807, 2.05) is 0 Å². The van der Waals surface area contributed by atoms with Crippen LogP contribution in [0.25, 0.3) is 0 Å². The Hall–Kier alpha value is 0. The number of rotatable bonds is 4. The average Bonchev–Trinajstić information content (AvgIpc) is 3.05. The normalized spacial score (nSPS) is 35.3. The summed E-state index contributed by atoms with van der Waals surface area (Å²) in [5.74, 6) is 4.49. The molecule has 0 heterocycles. The molecule has 0 N–H and O–H groups in total. The van der Waals surface area contributed by atoms with Gasteiger partial charge in [0, 0.05) is 0 Å². The Morgan fingerprint density at radius 1 is 0.389 bits per heavy atom. The minimum absolute atomic E-state index is 1.12. The molecule has 0 aromatic rings. The first kappa shape index (κ1) is 13.0. The topological polar surface area (TPSA) is 0 Å². The summed E-state index contributed by atoms with van der Waals surface area (Å²) in [6.45, 7) is 0. The second-order valence-corrected chi connectivity index (χ2v) is 7.66. The Labute approximate surface area is 114 Å². The highest BCUT2D eigenvalue weighted by atomic mass is 14.3. The maximum atomic E-state index is 1.59. The molecule has 0 spiro atoms. The lowest BCUT2D eigenvalue weighted by Crippen LogP contribution is -2.18. The van der Waals surface area contributed by atoms with Gasteiger partial charge in [-0.05, 0) is 36.5 Å². The molecule has 0 amide bonds. The van der Waals surface area contributed by atoms with Crippen molar-refractivity contribution < 1.29 is 0 Å². The second-order valence-electron chi connectivity index (χ2n) is 7.66. The monoisotopic (exact) mass is 248 g/mol. The Kier molecular flexibility index (Phi) is 4.65. The lowest BCUT2D eigenvalue weighted by Gasteiger charge is -2.31. The summed E-state index contributed by atoms with van der Waals surface area (Å²) in [6.07, 6.45) is 21.8. The summed E-state index contributed by atoms with van der Waals surface area (Å²) in [7, 11) is 0. The van der Waals surface area contributed by atoms with Gasteiger partial charge in [0.1, 0.15) is 0 Å². The zero-order valence-corrected chi connectivity index (χ0v) is 12.2. The molecule has 0 heteroatoms. The van der Waals surface area contributed by atoms with E-state index < -0.39 is 0 Å². The van der Waals surface area contributed by atoms with Crippen molar-refractivity contribution in [1.29, 1.82) is 0 Å². The molecule has 0 aromatic carbocycles. The molecule has 0 nitrogen and oxygen atoms in total. The summed E-state index contributed by atoms with van der Waals surface area (Å²) in [6, 6.07) is 0. The minimum Gasteiger partial charge on any atom is -0.0530 e. The first-order valence-electron chi connectivity index (χ1n) is 8.90. The van der Waals surface area contributed by atoms with E-state index in [4.69, 9.17) is 0 Å². The van der Waals surface area contributed by atoms with Crippen LogP contribution in [0.4, 0.5) is 0 Å². The quantitative estimate of drug-likeness (QED) is 0.576.